The first kappa shape index (κ1) is 15.2. The van der Waals surface area contributed by atoms with Gasteiger partial charge in [0.15, 0.2) is 0 Å². The lowest BCUT2D eigenvalue weighted by Crippen LogP contribution is -2.47. The van der Waals surface area contributed by atoms with Crippen molar-refractivity contribution >= 4 is 0 Å². The fourth-order valence-electron chi connectivity index (χ4n) is 2.89. The van der Waals surface area contributed by atoms with Crippen molar-refractivity contribution in [2.45, 2.75) is 51.9 Å². The molecule has 4 heteroatoms. The van der Waals surface area contributed by atoms with Crippen molar-refractivity contribution in [1.29, 1.82) is 0 Å². The van der Waals surface area contributed by atoms with E-state index < -0.39 is 0 Å². The number of nitrogens with one attached hydrogen (secondary N) is 1. The molecule has 0 spiro atoms. The molecule has 0 aromatic carbocycles. The lowest BCUT2D eigenvalue weighted by Gasteiger charge is -2.34. The summed E-state index contributed by atoms with van der Waals surface area (Å²) in [5.74, 6) is 0.714. The van der Waals surface area contributed by atoms with E-state index in [9.17, 15) is 0 Å². The normalized spacial score (nSPS) is 33.2. The molecule has 0 bridgehead atoms. The average Bonchev–Trinajstić information content (AvgIpc) is 2.79. The Morgan fingerprint density at radius 2 is 2.05 bits per heavy atom. The topological polar surface area (TPSA) is 33.7 Å². The molecule has 0 aliphatic carbocycles. The van der Waals surface area contributed by atoms with Gasteiger partial charge in [-0.2, -0.15) is 0 Å². The van der Waals surface area contributed by atoms with Gasteiger partial charge in [-0.1, -0.05) is 13.8 Å². The maximum absolute atomic E-state index is 6.15. The van der Waals surface area contributed by atoms with Gasteiger partial charge >= 0.3 is 0 Å². The van der Waals surface area contributed by atoms with Gasteiger partial charge in [-0.15, -0.1) is 0 Å². The van der Waals surface area contributed by atoms with Crippen LogP contribution in [0, 0.1) is 5.92 Å². The standard InChI is InChI=1S/C15H30N2O2/c1-12(2)8-16-9-14-4-5-15(19-14)10-17-6-7-18-11-13(17)3/h12-16H,4-11H2,1-3H3. The van der Waals surface area contributed by atoms with E-state index in [-0.39, 0.29) is 0 Å². The van der Waals surface area contributed by atoms with E-state index in [0.717, 1.165) is 39.4 Å². The molecule has 1 N–H and O–H groups in total. The number of nitrogens with zero attached hydrogens (tertiary/aromatic N) is 1. The van der Waals surface area contributed by atoms with Crippen molar-refractivity contribution in [2.75, 3.05) is 39.4 Å². The largest absolute Gasteiger partial charge is 0.379 e. The summed E-state index contributed by atoms with van der Waals surface area (Å²) in [7, 11) is 0. The van der Waals surface area contributed by atoms with Crippen molar-refractivity contribution in [3.8, 4) is 0 Å². The van der Waals surface area contributed by atoms with Crippen LogP contribution in [0.3, 0.4) is 0 Å². The third-order valence-electron chi connectivity index (χ3n) is 4.06. The van der Waals surface area contributed by atoms with Crippen molar-refractivity contribution in [3.63, 3.8) is 0 Å². The van der Waals surface area contributed by atoms with Crippen molar-refractivity contribution in [2.24, 2.45) is 5.92 Å². The molecule has 0 aromatic rings. The number of hydrogen-bond acceptors (Lipinski definition) is 4. The lowest BCUT2D eigenvalue weighted by atomic mass is 10.1. The fourth-order valence-corrected chi connectivity index (χ4v) is 2.89. The summed E-state index contributed by atoms with van der Waals surface area (Å²) in [4.78, 5) is 2.51. The summed E-state index contributed by atoms with van der Waals surface area (Å²) in [6.07, 6.45) is 3.25. The van der Waals surface area contributed by atoms with E-state index in [0.29, 0.717) is 24.2 Å². The van der Waals surface area contributed by atoms with Crippen LogP contribution in [0.25, 0.3) is 0 Å². The second-order valence-corrected chi connectivity index (χ2v) is 6.43. The summed E-state index contributed by atoms with van der Waals surface area (Å²) in [6.45, 7) is 12.7. The zero-order valence-corrected chi connectivity index (χ0v) is 12.7. The first-order chi connectivity index (χ1) is 9.15. The molecule has 3 atom stereocenters. The van der Waals surface area contributed by atoms with E-state index in [4.69, 9.17) is 9.47 Å². The zero-order chi connectivity index (χ0) is 13.7. The monoisotopic (exact) mass is 270 g/mol. The van der Waals surface area contributed by atoms with Gasteiger partial charge in [0, 0.05) is 25.7 Å². The predicted octanol–water partition coefficient (Wildman–Crippen LogP) is 1.50. The molecular formula is C15H30N2O2. The van der Waals surface area contributed by atoms with Crippen LogP contribution in [0.15, 0.2) is 0 Å². The summed E-state index contributed by atoms with van der Waals surface area (Å²) in [5, 5.41) is 3.50. The van der Waals surface area contributed by atoms with Crippen LogP contribution in [-0.2, 0) is 9.47 Å². The smallest absolute Gasteiger partial charge is 0.0707 e. The van der Waals surface area contributed by atoms with Crippen LogP contribution in [0.2, 0.25) is 0 Å². The Bertz CT molecular complexity index is 261. The van der Waals surface area contributed by atoms with Gasteiger partial charge in [-0.3, -0.25) is 4.90 Å². The number of rotatable bonds is 6. The molecule has 3 unspecified atom stereocenters. The molecule has 2 rings (SSSR count). The highest BCUT2D eigenvalue weighted by Gasteiger charge is 2.29. The Kier molecular flexibility index (Phi) is 6.07. The van der Waals surface area contributed by atoms with Crippen LogP contribution in [0.5, 0.6) is 0 Å². The molecular weight excluding hydrogens is 240 g/mol. The molecule has 2 fully saturated rings. The maximum atomic E-state index is 6.15. The molecule has 2 saturated heterocycles. The average molecular weight is 270 g/mol. The van der Waals surface area contributed by atoms with E-state index >= 15 is 0 Å². The molecule has 4 nitrogen and oxygen atoms in total. The number of hydrogen-bond donors (Lipinski definition) is 1. The first-order valence-electron chi connectivity index (χ1n) is 7.83. The van der Waals surface area contributed by atoms with Crippen molar-refractivity contribution < 1.29 is 9.47 Å². The van der Waals surface area contributed by atoms with Gasteiger partial charge in [0.1, 0.15) is 0 Å². The predicted molar refractivity (Wildman–Crippen MR) is 77.5 cm³/mol. The van der Waals surface area contributed by atoms with Crippen molar-refractivity contribution in [1.82, 2.24) is 10.2 Å². The summed E-state index contributed by atoms with van der Waals surface area (Å²) < 4.78 is 11.6. The van der Waals surface area contributed by atoms with Crippen LogP contribution >= 0.6 is 0 Å². The number of ether oxygens (including phenoxy) is 2. The van der Waals surface area contributed by atoms with E-state index in [1.165, 1.54) is 12.8 Å². The minimum absolute atomic E-state index is 0.417. The molecule has 0 radical (unpaired) electrons. The second-order valence-electron chi connectivity index (χ2n) is 6.43. The zero-order valence-electron chi connectivity index (χ0n) is 12.7. The summed E-state index contributed by atoms with van der Waals surface area (Å²) >= 11 is 0. The highest BCUT2D eigenvalue weighted by molar-refractivity contribution is 4.81. The maximum Gasteiger partial charge on any atom is 0.0707 e. The Hall–Kier alpha value is -0.160. The van der Waals surface area contributed by atoms with E-state index in [1.54, 1.807) is 0 Å². The molecule has 0 saturated carbocycles. The van der Waals surface area contributed by atoms with Crippen molar-refractivity contribution in [3.05, 3.63) is 0 Å². The summed E-state index contributed by atoms with van der Waals surface area (Å²) in [5.41, 5.74) is 0. The SMILES string of the molecule is CC(C)CNCC1CCC(CN2CCOCC2C)O1. The molecule has 0 amide bonds. The van der Waals surface area contributed by atoms with E-state index in [1.807, 2.05) is 0 Å². The molecule has 19 heavy (non-hydrogen) atoms. The molecule has 0 aromatic heterocycles. The fraction of sp³-hybridized carbons (Fsp3) is 1.00. The summed E-state index contributed by atoms with van der Waals surface area (Å²) in [6, 6.07) is 0.537. The van der Waals surface area contributed by atoms with Crippen LogP contribution in [-0.4, -0.2) is 62.5 Å². The van der Waals surface area contributed by atoms with Crippen LogP contribution in [0.4, 0.5) is 0 Å². The van der Waals surface area contributed by atoms with E-state index in [2.05, 4.69) is 31.0 Å². The Morgan fingerprint density at radius 1 is 1.26 bits per heavy atom. The van der Waals surface area contributed by atoms with Gasteiger partial charge in [0.2, 0.25) is 0 Å². The number of morpholine rings is 1. The second kappa shape index (κ2) is 7.58. The quantitative estimate of drug-likeness (QED) is 0.793. The van der Waals surface area contributed by atoms with Gasteiger partial charge in [-0.05, 0) is 32.2 Å². The highest BCUT2D eigenvalue weighted by atomic mass is 16.5. The third kappa shape index (κ3) is 5.03. The Labute approximate surface area is 117 Å². The highest BCUT2D eigenvalue weighted by Crippen LogP contribution is 2.21. The molecule has 2 aliphatic heterocycles. The van der Waals surface area contributed by atoms with Gasteiger partial charge < -0.3 is 14.8 Å². The third-order valence-corrected chi connectivity index (χ3v) is 4.06. The molecule has 112 valence electrons. The minimum atomic E-state index is 0.417. The van der Waals surface area contributed by atoms with Crippen LogP contribution in [0.1, 0.15) is 33.6 Å². The Balaban J connectivity index is 1.64. The van der Waals surface area contributed by atoms with Gasteiger partial charge in [-0.25, -0.2) is 0 Å². The minimum Gasteiger partial charge on any atom is -0.379 e. The Morgan fingerprint density at radius 3 is 2.79 bits per heavy atom. The van der Waals surface area contributed by atoms with Gasteiger partial charge in [0.25, 0.3) is 0 Å². The molecule has 2 aliphatic rings. The van der Waals surface area contributed by atoms with Crippen LogP contribution < -0.4 is 5.32 Å². The lowest BCUT2D eigenvalue weighted by molar-refractivity contribution is -0.0356. The first-order valence-corrected chi connectivity index (χ1v) is 7.83. The van der Waals surface area contributed by atoms with Gasteiger partial charge in [0.05, 0.1) is 25.4 Å². The molecule has 2 heterocycles.